The van der Waals surface area contributed by atoms with Gasteiger partial charge in [-0.15, -0.1) is 0 Å². The second-order valence-electron chi connectivity index (χ2n) is 4.33. The Balaban J connectivity index is 2.13. The zero-order valence-electron chi connectivity index (χ0n) is 9.40. The van der Waals surface area contributed by atoms with Crippen molar-refractivity contribution in [1.29, 1.82) is 0 Å². The fraction of sp³-hybridized carbons (Fsp3) is 0.385. The fourth-order valence-corrected chi connectivity index (χ4v) is 1.87. The van der Waals surface area contributed by atoms with E-state index in [1.54, 1.807) is 6.92 Å². The number of hydrogen-bond donors (Lipinski definition) is 0. The Labute approximate surface area is 94.4 Å². The molecule has 0 unspecified atom stereocenters. The fourth-order valence-electron chi connectivity index (χ4n) is 1.87. The highest BCUT2D eigenvalue weighted by atomic mass is 16.6. The molecule has 0 aliphatic carbocycles. The molecule has 1 aromatic carbocycles. The Hall–Kier alpha value is -1.64. The summed E-state index contributed by atoms with van der Waals surface area (Å²) in [5.41, 5.74) is 2.25. The van der Waals surface area contributed by atoms with Crippen LogP contribution in [-0.4, -0.2) is 11.9 Å². The second kappa shape index (κ2) is 4.08. The molecule has 1 saturated heterocycles. The van der Waals surface area contributed by atoms with Gasteiger partial charge in [0.2, 0.25) is 0 Å². The molecular weight excluding hydrogens is 204 g/mol. The number of hydrogen-bond acceptors (Lipinski definition) is 3. The van der Waals surface area contributed by atoms with Gasteiger partial charge in [-0.05, 0) is 18.9 Å². The Morgan fingerprint density at radius 3 is 2.25 bits per heavy atom. The molecule has 2 rings (SSSR count). The van der Waals surface area contributed by atoms with E-state index < -0.39 is 11.9 Å². The van der Waals surface area contributed by atoms with E-state index in [4.69, 9.17) is 0 Å². The highest BCUT2D eigenvalue weighted by molar-refractivity contribution is 5.96. The van der Waals surface area contributed by atoms with E-state index in [2.05, 4.69) is 4.74 Å². The van der Waals surface area contributed by atoms with Crippen LogP contribution in [-0.2, 0) is 20.7 Å². The van der Waals surface area contributed by atoms with E-state index in [9.17, 15) is 9.59 Å². The third-order valence-electron chi connectivity index (χ3n) is 3.06. The van der Waals surface area contributed by atoms with Gasteiger partial charge in [0.15, 0.2) is 0 Å². The maximum Gasteiger partial charge on any atom is 0.317 e. The highest BCUT2D eigenvalue weighted by Gasteiger charge is 2.40. The van der Waals surface area contributed by atoms with Gasteiger partial charge in [0, 0.05) is 0 Å². The number of rotatable bonds is 2. The molecule has 1 aliphatic heterocycles. The highest BCUT2D eigenvalue weighted by Crippen LogP contribution is 2.26. The normalized spacial score (nSPS) is 24.6. The van der Waals surface area contributed by atoms with Crippen LogP contribution in [0, 0.1) is 18.8 Å². The van der Waals surface area contributed by atoms with Gasteiger partial charge in [-0.1, -0.05) is 36.8 Å². The molecule has 1 aromatic rings. The van der Waals surface area contributed by atoms with Crippen molar-refractivity contribution >= 4 is 11.9 Å². The molecular formula is C13H14O3. The summed E-state index contributed by atoms with van der Waals surface area (Å²) in [6, 6.07) is 7.97. The van der Waals surface area contributed by atoms with Crippen molar-refractivity contribution in [2.75, 3.05) is 0 Å². The summed E-state index contributed by atoms with van der Waals surface area (Å²) < 4.78 is 4.60. The molecule has 16 heavy (non-hydrogen) atoms. The van der Waals surface area contributed by atoms with Crippen LogP contribution >= 0.6 is 0 Å². The standard InChI is InChI=1S/C13H14O3/c1-8-3-5-10(6-4-8)7-11-9(2)12(14)16-13(11)15/h3-6,9,11H,7H2,1-2H3/t9-,11-/m1/s1. The molecule has 0 radical (unpaired) electrons. The van der Waals surface area contributed by atoms with Crippen molar-refractivity contribution in [3.8, 4) is 0 Å². The lowest BCUT2D eigenvalue weighted by Crippen LogP contribution is -2.17. The Morgan fingerprint density at radius 2 is 1.75 bits per heavy atom. The third-order valence-corrected chi connectivity index (χ3v) is 3.06. The summed E-state index contributed by atoms with van der Waals surface area (Å²) in [5.74, 6) is -1.44. The molecule has 0 spiro atoms. The number of cyclic esters (lactones) is 2. The quantitative estimate of drug-likeness (QED) is 0.562. The van der Waals surface area contributed by atoms with Crippen molar-refractivity contribution in [1.82, 2.24) is 0 Å². The summed E-state index contributed by atoms with van der Waals surface area (Å²) in [5, 5.41) is 0. The van der Waals surface area contributed by atoms with Gasteiger partial charge in [0.1, 0.15) is 0 Å². The monoisotopic (exact) mass is 218 g/mol. The molecule has 1 aliphatic rings. The van der Waals surface area contributed by atoms with Gasteiger partial charge in [-0.3, -0.25) is 9.59 Å². The number of benzene rings is 1. The van der Waals surface area contributed by atoms with Crippen molar-refractivity contribution in [2.45, 2.75) is 20.3 Å². The third kappa shape index (κ3) is 1.98. The van der Waals surface area contributed by atoms with E-state index in [-0.39, 0.29) is 11.8 Å². The lowest BCUT2D eigenvalue weighted by molar-refractivity contribution is -0.153. The van der Waals surface area contributed by atoms with Crippen LogP contribution in [0.1, 0.15) is 18.1 Å². The SMILES string of the molecule is Cc1ccc(C[C@H]2C(=O)OC(=O)[C@@H]2C)cc1. The maximum atomic E-state index is 11.4. The Kier molecular flexibility index (Phi) is 2.77. The van der Waals surface area contributed by atoms with Gasteiger partial charge in [0.05, 0.1) is 11.8 Å². The predicted molar refractivity (Wildman–Crippen MR) is 58.6 cm³/mol. The van der Waals surface area contributed by atoms with Crippen LogP contribution in [0.5, 0.6) is 0 Å². The molecule has 2 atom stereocenters. The predicted octanol–water partition coefficient (Wildman–Crippen LogP) is 1.87. The molecule has 1 fully saturated rings. The molecule has 0 aromatic heterocycles. The smallest absolute Gasteiger partial charge is 0.317 e. The zero-order valence-corrected chi connectivity index (χ0v) is 9.40. The van der Waals surface area contributed by atoms with E-state index in [1.165, 1.54) is 5.56 Å². The van der Waals surface area contributed by atoms with Gasteiger partial charge in [-0.25, -0.2) is 0 Å². The van der Waals surface area contributed by atoms with E-state index in [0.717, 1.165) is 5.56 Å². The van der Waals surface area contributed by atoms with Crippen LogP contribution in [0.25, 0.3) is 0 Å². The van der Waals surface area contributed by atoms with Crippen LogP contribution in [0.15, 0.2) is 24.3 Å². The molecule has 0 amide bonds. The number of esters is 2. The first-order valence-electron chi connectivity index (χ1n) is 5.39. The first-order chi connectivity index (χ1) is 7.58. The van der Waals surface area contributed by atoms with Crippen molar-refractivity contribution in [3.63, 3.8) is 0 Å². The van der Waals surface area contributed by atoms with E-state index in [1.807, 2.05) is 31.2 Å². The second-order valence-corrected chi connectivity index (χ2v) is 4.33. The minimum absolute atomic E-state index is 0.324. The van der Waals surface area contributed by atoms with Gasteiger partial charge in [0.25, 0.3) is 0 Å². The van der Waals surface area contributed by atoms with Gasteiger partial charge >= 0.3 is 11.9 Å². The summed E-state index contributed by atoms with van der Waals surface area (Å²) >= 11 is 0. The molecule has 3 heteroatoms. The van der Waals surface area contributed by atoms with Gasteiger partial charge in [-0.2, -0.15) is 0 Å². The van der Waals surface area contributed by atoms with Crippen LogP contribution in [0.4, 0.5) is 0 Å². The molecule has 84 valence electrons. The number of aryl methyl sites for hydroxylation is 1. The summed E-state index contributed by atoms with van der Waals surface area (Å²) in [6.45, 7) is 3.76. The van der Waals surface area contributed by atoms with E-state index in [0.29, 0.717) is 6.42 Å². The van der Waals surface area contributed by atoms with Crippen molar-refractivity contribution in [2.24, 2.45) is 11.8 Å². The largest absolute Gasteiger partial charge is 0.393 e. The summed E-state index contributed by atoms with van der Waals surface area (Å²) in [4.78, 5) is 22.6. The van der Waals surface area contributed by atoms with Crippen LogP contribution in [0.2, 0.25) is 0 Å². The molecule has 0 saturated carbocycles. The average molecular weight is 218 g/mol. The minimum Gasteiger partial charge on any atom is -0.393 e. The first-order valence-corrected chi connectivity index (χ1v) is 5.39. The van der Waals surface area contributed by atoms with Crippen LogP contribution in [0.3, 0.4) is 0 Å². The topological polar surface area (TPSA) is 43.4 Å². The number of carbonyl (C=O) groups excluding carboxylic acids is 2. The van der Waals surface area contributed by atoms with E-state index >= 15 is 0 Å². The molecule has 1 heterocycles. The number of ether oxygens (including phenoxy) is 1. The van der Waals surface area contributed by atoms with Gasteiger partial charge < -0.3 is 4.74 Å². The Morgan fingerprint density at radius 1 is 1.12 bits per heavy atom. The lowest BCUT2D eigenvalue weighted by atomic mass is 9.90. The Bertz CT molecular complexity index is 419. The first kappa shape index (κ1) is 10.9. The lowest BCUT2D eigenvalue weighted by Gasteiger charge is -2.09. The minimum atomic E-state index is -0.401. The molecule has 0 N–H and O–H groups in total. The van der Waals surface area contributed by atoms with Crippen LogP contribution < -0.4 is 0 Å². The zero-order chi connectivity index (χ0) is 11.7. The van der Waals surface area contributed by atoms with Crippen molar-refractivity contribution in [3.05, 3.63) is 35.4 Å². The summed E-state index contributed by atoms with van der Waals surface area (Å²) in [7, 11) is 0. The van der Waals surface area contributed by atoms with Crippen molar-refractivity contribution < 1.29 is 14.3 Å². The summed E-state index contributed by atoms with van der Waals surface area (Å²) in [6.07, 6.45) is 0.575. The molecule has 0 bridgehead atoms. The molecule has 3 nitrogen and oxygen atoms in total. The maximum absolute atomic E-state index is 11.4. The number of carbonyl (C=O) groups is 2. The average Bonchev–Trinajstić information content (AvgIpc) is 2.48.